The van der Waals surface area contributed by atoms with Crippen LogP contribution < -0.4 is 0 Å². The molecule has 0 radical (unpaired) electrons. The minimum Gasteiger partial charge on any atom is -0.369 e. The molecule has 0 aliphatic rings. The Kier molecular flexibility index (Phi) is 14.7. The molecule has 0 saturated carbocycles. The fraction of sp³-hybridized carbons (Fsp3) is 0.889. The highest BCUT2D eigenvalue weighted by atomic mass is 16.5. The number of ether oxygens (including phenoxy) is 2. The summed E-state index contributed by atoms with van der Waals surface area (Å²) in [7, 11) is 0. The summed E-state index contributed by atoms with van der Waals surface area (Å²) in [6, 6.07) is 0. The van der Waals surface area contributed by atoms with Crippen LogP contribution in [0.2, 0.25) is 0 Å². The van der Waals surface area contributed by atoms with Crippen molar-refractivity contribution in [3.8, 4) is 0 Å². The third-order valence-corrected chi connectivity index (χ3v) is 3.50. The van der Waals surface area contributed by atoms with E-state index >= 15 is 0 Å². The lowest BCUT2D eigenvalue weighted by Crippen LogP contribution is -2.36. The first-order valence-corrected chi connectivity index (χ1v) is 9.31. The summed E-state index contributed by atoms with van der Waals surface area (Å²) in [6.07, 6.45) is 3.79. The molecule has 2 amide bonds. The highest BCUT2D eigenvalue weighted by Gasteiger charge is 2.13. The van der Waals surface area contributed by atoms with E-state index in [1.54, 1.807) is 0 Å². The van der Waals surface area contributed by atoms with Crippen LogP contribution in [-0.4, -0.2) is 74.2 Å². The number of amides is 2. The lowest BCUT2D eigenvalue weighted by molar-refractivity contribution is -0.139. The van der Waals surface area contributed by atoms with Gasteiger partial charge >= 0.3 is 0 Å². The van der Waals surface area contributed by atoms with E-state index in [1.165, 1.54) is 0 Å². The van der Waals surface area contributed by atoms with Crippen LogP contribution >= 0.6 is 0 Å². The van der Waals surface area contributed by atoms with Gasteiger partial charge in [-0.15, -0.1) is 0 Å². The molecule has 0 aliphatic carbocycles. The standard InChI is InChI=1S/C18H36N2O4/c1-5-9-19(10-6-2)17(21)15-23-13-14-24-16-18(22)20(11-7-3)12-8-4/h5-16H2,1-4H3. The summed E-state index contributed by atoms with van der Waals surface area (Å²) >= 11 is 0. The number of hydrogen-bond acceptors (Lipinski definition) is 4. The van der Waals surface area contributed by atoms with Crippen LogP contribution in [0.25, 0.3) is 0 Å². The van der Waals surface area contributed by atoms with Crippen molar-refractivity contribution < 1.29 is 19.1 Å². The molecule has 0 fully saturated rings. The normalized spacial score (nSPS) is 10.7. The van der Waals surface area contributed by atoms with Crippen LogP contribution in [0.4, 0.5) is 0 Å². The minimum absolute atomic E-state index is 0.0202. The van der Waals surface area contributed by atoms with E-state index in [-0.39, 0.29) is 25.0 Å². The van der Waals surface area contributed by atoms with Crippen LogP contribution in [0.1, 0.15) is 53.4 Å². The van der Waals surface area contributed by atoms with Crippen LogP contribution in [0.5, 0.6) is 0 Å². The van der Waals surface area contributed by atoms with Gasteiger partial charge < -0.3 is 19.3 Å². The second-order valence-corrected chi connectivity index (χ2v) is 5.87. The van der Waals surface area contributed by atoms with E-state index < -0.39 is 0 Å². The predicted molar refractivity (Wildman–Crippen MR) is 96.0 cm³/mol. The zero-order chi connectivity index (χ0) is 18.2. The summed E-state index contributed by atoms with van der Waals surface area (Å²) < 4.78 is 10.7. The highest BCUT2D eigenvalue weighted by Crippen LogP contribution is 1.98. The Morgan fingerprint density at radius 3 is 1.17 bits per heavy atom. The number of hydrogen-bond donors (Lipinski definition) is 0. The first kappa shape index (κ1) is 22.9. The molecule has 0 aromatic heterocycles. The Hall–Kier alpha value is -1.14. The number of nitrogens with zero attached hydrogens (tertiary/aromatic N) is 2. The Morgan fingerprint density at radius 2 is 0.917 bits per heavy atom. The molecule has 0 N–H and O–H groups in total. The molecule has 0 atom stereocenters. The molecule has 0 spiro atoms. The maximum Gasteiger partial charge on any atom is 0.248 e. The Bertz CT molecular complexity index is 293. The van der Waals surface area contributed by atoms with Crippen LogP contribution in [0.15, 0.2) is 0 Å². The minimum atomic E-state index is 0.0202. The topological polar surface area (TPSA) is 59.1 Å². The molecular weight excluding hydrogens is 308 g/mol. The van der Waals surface area contributed by atoms with Gasteiger partial charge in [-0.3, -0.25) is 9.59 Å². The molecule has 0 unspecified atom stereocenters. The van der Waals surface area contributed by atoms with Gasteiger partial charge in [-0.25, -0.2) is 0 Å². The molecule has 24 heavy (non-hydrogen) atoms. The first-order valence-electron chi connectivity index (χ1n) is 9.31. The first-order chi connectivity index (χ1) is 11.6. The van der Waals surface area contributed by atoms with Gasteiger partial charge in [0, 0.05) is 26.2 Å². The van der Waals surface area contributed by atoms with E-state index in [1.807, 2.05) is 9.80 Å². The van der Waals surface area contributed by atoms with Gasteiger partial charge in [0.15, 0.2) is 0 Å². The Balaban J connectivity index is 3.85. The SMILES string of the molecule is CCCN(CCC)C(=O)COCCOCC(=O)N(CCC)CCC. The third-order valence-electron chi connectivity index (χ3n) is 3.50. The fourth-order valence-electron chi connectivity index (χ4n) is 2.42. The molecular formula is C18H36N2O4. The lowest BCUT2D eigenvalue weighted by Gasteiger charge is -2.22. The Morgan fingerprint density at radius 1 is 0.625 bits per heavy atom. The number of rotatable bonds is 15. The average Bonchev–Trinajstić information content (AvgIpc) is 2.57. The fourth-order valence-corrected chi connectivity index (χ4v) is 2.42. The molecule has 0 bridgehead atoms. The van der Waals surface area contributed by atoms with Gasteiger partial charge in [-0.05, 0) is 25.7 Å². The second kappa shape index (κ2) is 15.4. The zero-order valence-corrected chi connectivity index (χ0v) is 16.0. The van der Waals surface area contributed by atoms with Crippen LogP contribution in [0, 0.1) is 0 Å². The summed E-state index contributed by atoms with van der Waals surface area (Å²) in [4.78, 5) is 27.7. The van der Waals surface area contributed by atoms with E-state index in [0.717, 1.165) is 51.9 Å². The van der Waals surface area contributed by atoms with Gasteiger partial charge in [-0.2, -0.15) is 0 Å². The summed E-state index contributed by atoms with van der Waals surface area (Å²) in [5, 5.41) is 0. The van der Waals surface area contributed by atoms with E-state index in [2.05, 4.69) is 27.7 Å². The van der Waals surface area contributed by atoms with Crippen molar-refractivity contribution in [1.29, 1.82) is 0 Å². The van der Waals surface area contributed by atoms with E-state index in [9.17, 15) is 9.59 Å². The summed E-state index contributed by atoms with van der Waals surface area (Å²) in [6.45, 7) is 12.1. The van der Waals surface area contributed by atoms with Gasteiger partial charge in [0.05, 0.1) is 13.2 Å². The van der Waals surface area contributed by atoms with E-state index in [0.29, 0.717) is 13.2 Å². The van der Waals surface area contributed by atoms with Crippen molar-refractivity contribution in [2.75, 3.05) is 52.6 Å². The Labute approximate surface area is 147 Å². The third kappa shape index (κ3) is 10.6. The van der Waals surface area contributed by atoms with Crippen molar-refractivity contribution in [2.45, 2.75) is 53.4 Å². The molecule has 142 valence electrons. The maximum atomic E-state index is 12.0. The molecule has 0 aromatic carbocycles. The zero-order valence-electron chi connectivity index (χ0n) is 16.0. The predicted octanol–water partition coefficient (Wildman–Crippen LogP) is 2.32. The molecule has 0 saturated heterocycles. The molecule has 0 aliphatic heterocycles. The van der Waals surface area contributed by atoms with Crippen molar-refractivity contribution in [3.63, 3.8) is 0 Å². The molecule has 0 heterocycles. The van der Waals surface area contributed by atoms with Crippen molar-refractivity contribution in [3.05, 3.63) is 0 Å². The highest BCUT2D eigenvalue weighted by molar-refractivity contribution is 5.77. The van der Waals surface area contributed by atoms with Crippen molar-refractivity contribution in [2.24, 2.45) is 0 Å². The molecule has 6 nitrogen and oxygen atoms in total. The van der Waals surface area contributed by atoms with Gasteiger partial charge in [0.1, 0.15) is 13.2 Å². The second-order valence-electron chi connectivity index (χ2n) is 5.87. The quantitative estimate of drug-likeness (QED) is 0.428. The maximum absolute atomic E-state index is 12.0. The molecule has 0 rings (SSSR count). The van der Waals surface area contributed by atoms with E-state index in [4.69, 9.17) is 9.47 Å². The number of carbonyl (C=O) groups is 2. The smallest absolute Gasteiger partial charge is 0.248 e. The average molecular weight is 344 g/mol. The van der Waals surface area contributed by atoms with Gasteiger partial charge in [0.25, 0.3) is 0 Å². The summed E-state index contributed by atoms with van der Waals surface area (Å²) in [5.74, 6) is 0.0405. The largest absolute Gasteiger partial charge is 0.369 e. The van der Waals surface area contributed by atoms with Crippen LogP contribution in [-0.2, 0) is 19.1 Å². The lowest BCUT2D eigenvalue weighted by atomic mass is 10.3. The monoisotopic (exact) mass is 344 g/mol. The van der Waals surface area contributed by atoms with Crippen LogP contribution in [0.3, 0.4) is 0 Å². The molecule has 6 heteroatoms. The van der Waals surface area contributed by atoms with Gasteiger partial charge in [-0.1, -0.05) is 27.7 Å². The number of carbonyl (C=O) groups excluding carboxylic acids is 2. The summed E-state index contributed by atoms with van der Waals surface area (Å²) in [5.41, 5.74) is 0. The molecule has 0 aromatic rings. The van der Waals surface area contributed by atoms with Crippen molar-refractivity contribution in [1.82, 2.24) is 9.80 Å². The van der Waals surface area contributed by atoms with Gasteiger partial charge in [0.2, 0.25) is 11.8 Å². The van der Waals surface area contributed by atoms with Crippen molar-refractivity contribution >= 4 is 11.8 Å².